The lowest BCUT2D eigenvalue weighted by molar-refractivity contribution is 0.0926. The Morgan fingerprint density at radius 2 is 1.90 bits per heavy atom. The summed E-state index contributed by atoms with van der Waals surface area (Å²) in [5.41, 5.74) is 0.927. The van der Waals surface area contributed by atoms with E-state index < -0.39 is 6.10 Å². The van der Waals surface area contributed by atoms with Crippen molar-refractivity contribution in [3.63, 3.8) is 0 Å². The van der Waals surface area contributed by atoms with Gasteiger partial charge in [-0.15, -0.1) is 0 Å². The zero-order valence-corrected chi connectivity index (χ0v) is 16.9. The average Bonchev–Trinajstić information content (AvgIpc) is 3.13. The van der Waals surface area contributed by atoms with Crippen LogP contribution in [0.3, 0.4) is 0 Å². The minimum atomic E-state index is -0.683. The second-order valence-electron chi connectivity index (χ2n) is 7.26. The summed E-state index contributed by atoms with van der Waals surface area (Å²) >= 11 is 0. The van der Waals surface area contributed by atoms with Gasteiger partial charge in [-0.2, -0.15) is 4.98 Å². The van der Waals surface area contributed by atoms with Crippen LogP contribution in [0.5, 0.6) is 11.5 Å². The molecule has 1 aromatic heterocycles. The number of fused-ring (bicyclic) bond motifs is 1. The van der Waals surface area contributed by atoms with E-state index in [9.17, 15) is 5.11 Å². The van der Waals surface area contributed by atoms with Crippen molar-refractivity contribution in [1.82, 2.24) is 14.9 Å². The number of anilines is 2. The van der Waals surface area contributed by atoms with Crippen molar-refractivity contribution in [2.24, 2.45) is 4.99 Å². The van der Waals surface area contributed by atoms with Gasteiger partial charge in [-0.05, 0) is 24.3 Å². The van der Waals surface area contributed by atoms with Crippen molar-refractivity contribution in [3.05, 3.63) is 30.0 Å². The smallest absolute Gasteiger partial charge is 0.208 e. The van der Waals surface area contributed by atoms with Crippen LogP contribution in [0.4, 0.5) is 11.8 Å². The number of imidazole rings is 1. The van der Waals surface area contributed by atoms with Crippen LogP contribution in [-0.4, -0.2) is 80.6 Å². The highest BCUT2D eigenvalue weighted by Crippen LogP contribution is 2.28. The highest BCUT2D eigenvalue weighted by molar-refractivity contribution is 5.87. The lowest BCUT2D eigenvalue weighted by atomic mass is 10.3. The Bertz CT molecular complexity index is 845. The molecule has 2 aromatic rings. The molecule has 4 rings (SSSR count). The molecule has 1 atom stereocenters. The predicted octanol–water partition coefficient (Wildman–Crippen LogP) is 0.567. The van der Waals surface area contributed by atoms with E-state index in [1.165, 1.54) is 0 Å². The van der Waals surface area contributed by atoms with E-state index in [4.69, 9.17) is 14.5 Å². The van der Waals surface area contributed by atoms with Gasteiger partial charge in [0.25, 0.3) is 0 Å². The van der Waals surface area contributed by atoms with Gasteiger partial charge in [-0.3, -0.25) is 4.99 Å². The van der Waals surface area contributed by atoms with E-state index in [0.717, 1.165) is 49.4 Å². The Hall–Kier alpha value is -2.78. The summed E-state index contributed by atoms with van der Waals surface area (Å²) in [7, 11) is 3.61. The lowest BCUT2D eigenvalue weighted by Crippen LogP contribution is -2.45. The number of ether oxygens (including phenoxy) is 2. The van der Waals surface area contributed by atoms with Crippen molar-refractivity contribution in [3.8, 4) is 11.5 Å². The molecule has 0 radical (unpaired) electrons. The molecule has 29 heavy (non-hydrogen) atoms. The van der Waals surface area contributed by atoms with Gasteiger partial charge >= 0.3 is 0 Å². The second kappa shape index (κ2) is 8.71. The van der Waals surface area contributed by atoms with Gasteiger partial charge in [-0.1, -0.05) is 0 Å². The molecule has 0 aliphatic carbocycles. The second-order valence-corrected chi connectivity index (χ2v) is 7.26. The van der Waals surface area contributed by atoms with Gasteiger partial charge in [0.05, 0.1) is 19.9 Å². The first-order chi connectivity index (χ1) is 14.2. The van der Waals surface area contributed by atoms with Gasteiger partial charge < -0.3 is 34.3 Å². The van der Waals surface area contributed by atoms with Gasteiger partial charge in [0, 0.05) is 33.2 Å². The standard InChI is InChI=1S/C20H28N6O3/c1-24-14-22-11-18-19(24)23-20(25-9-7-21-8-10-25)26(18)12-15(27)13-29-17-5-3-16(28-2)4-6-17/h3-6,11,15,21,27H,7-10,12-14H2,1-2H3. The number of benzene rings is 1. The third-order valence-electron chi connectivity index (χ3n) is 5.13. The van der Waals surface area contributed by atoms with Crippen molar-refractivity contribution < 1.29 is 14.6 Å². The molecule has 2 aliphatic rings. The molecule has 0 saturated carbocycles. The van der Waals surface area contributed by atoms with E-state index in [2.05, 4.69) is 19.8 Å². The normalized spacial score (nSPS) is 17.2. The third-order valence-corrected chi connectivity index (χ3v) is 5.13. The summed E-state index contributed by atoms with van der Waals surface area (Å²) in [5.74, 6) is 3.24. The number of hydrogen-bond acceptors (Lipinski definition) is 8. The maximum Gasteiger partial charge on any atom is 0.208 e. The van der Waals surface area contributed by atoms with Crippen molar-refractivity contribution in [1.29, 1.82) is 0 Å². The Morgan fingerprint density at radius 1 is 1.17 bits per heavy atom. The Kier molecular flexibility index (Phi) is 5.86. The molecule has 9 nitrogen and oxygen atoms in total. The molecule has 2 N–H and O–H groups in total. The monoisotopic (exact) mass is 400 g/mol. The fourth-order valence-corrected chi connectivity index (χ4v) is 3.58. The number of aliphatic imine (C=N–C) groups is 1. The number of aromatic nitrogens is 2. The molecule has 1 fully saturated rings. The van der Waals surface area contributed by atoms with Gasteiger partial charge in [0.15, 0.2) is 5.82 Å². The topological polar surface area (TPSA) is 87.4 Å². The number of piperazine rings is 1. The fraction of sp³-hybridized carbons (Fsp3) is 0.500. The summed E-state index contributed by atoms with van der Waals surface area (Å²) < 4.78 is 13.0. The molecule has 0 spiro atoms. The van der Waals surface area contributed by atoms with E-state index in [1.54, 1.807) is 7.11 Å². The molecule has 1 unspecified atom stereocenters. The Balaban J connectivity index is 1.49. The number of nitrogens with one attached hydrogen (secondary N) is 1. The number of aliphatic hydroxyl groups excluding tert-OH is 1. The summed E-state index contributed by atoms with van der Waals surface area (Å²) in [5, 5.41) is 14.1. The predicted molar refractivity (Wildman–Crippen MR) is 113 cm³/mol. The zero-order valence-electron chi connectivity index (χ0n) is 16.9. The summed E-state index contributed by atoms with van der Waals surface area (Å²) in [4.78, 5) is 13.6. The Labute approximate surface area is 170 Å². The molecule has 0 bridgehead atoms. The molecular weight excluding hydrogens is 372 g/mol. The van der Waals surface area contributed by atoms with Crippen LogP contribution >= 0.6 is 0 Å². The number of nitrogens with zero attached hydrogens (tertiary/aromatic N) is 5. The minimum Gasteiger partial charge on any atom is -0.497 e. The number of rotatable bonds is 7. The molecule has 9 heteroatoms. The van der Waals surface area contributed by atoms with Crippen molar-refractivity contribution in [2.75, 3.05) is 63.4 Å². The summed E-state index contributed by atoms with van der Waals surface area (Å²) in [6, 6.07) is 7.34. The van der Waals surface area contributed by atoms with Crippen LogP contribution in [0.15, 0.2) is 29.3 Å². The first-order valence-electron chi connectivity index (χ1n) is 9.88. The van der Waals surface area contributed by atoms with E-state index in [1.807, 2.05) is 42.4 Å². The highest BCUT2D eigenvalue weighted by atomic mass is 16.5. The molecule has 1 saturated heterocycles. The van der Waals surface area contributed by atoms with Crippen LogP contribution in [0.25, 0.3) is 0 Å². The highest BCUT2D eigenvalue weighted by Gasteiger charge is 2.26. The van der Waals surface area contributed by atoms with Crippen LogP contribution in [0.1, 0.15) is 5.69 Å². The largest absolute Gasteiger partial charge is 0.497 e. The molecule has 0 amide bonds. The van der Waals surface area contributed by atoms with Gasteiger partial charge in [-0.25, -0.2) is 0 Å². The average molecular weight is 400 g/mol. The Morgan fingerprint density at radius 3 is 2.62 bits per heavy atom. The van der Waals surface area contributed by atoms with Crippen LogP contribution in [0, 0.1) is 0 Å². The van der Waals surface area contributed by atoms with E-state index in [-0.39, 0.29) is 6.61 Å². The number of aliphatic hydroxyl groups is 1. The third kappa shape index (κ3) is 4.30. The van der Waals surface area contributed by atoms with Crippen molar-refractivity contribution >= 4 is 18.0 Å². The number of hydrogen-bond donors (Lipinski definition) is 2. The molecule has 1 aromatic carbocycles. The molecular formula is C20H28N6O3. The van der Waals surface area contributed by atoms with Gasteiger partial charge in [0.1, 0.15) is 36.6 Å². The first-order valence-corrected chi connectivity index (χ1v) is 9.88. The fourth-order valence-electron chi connectivity index (χ4n) is 3.58. The summed E-state index contributed by atoms with van der Waals surface area (Å²) in [6.45, 7) is 4.78. The molecule has 156 valence electrons. The van der Waals surface area contributed by atoms with Gasteiger partial charge in [0.2, 0.25) is 5.95 Å². The SMILES string of the molecule is COc1ccc(OCC(O)Cn2c(N3CCNCC3)nc3c2C=NCN3C)cc1. The zero-order chi connectivity index (χ0) is 20.2. The maximum atomic E-state index is 10.7. The molecule has 2 aliphatic heterocycles. The van der Waals surface area contributed by atoms with E-state index in [0.29, 0.717) is 19.0 Å². The minimum absolute atomic E-state index is 0.188. The van der Waals surface area contributed by atoms with Crippen LogP contribution < -0.4 is 24.6 Å². The number of methoxy groups -OCH3 is 1. The van der Waals surface area contributed by atoms with Crippen molar-refractivity contribution in [2.45, 2.75) is 12.6 Å². The maximum absolute atomic E-state index is 10.7. The summed E-state index contributed by atoms with van der Waals surface area (Å²) in [6.07, 6.45) is 1.17. The molecule has 3 heterocycles. The lowest BCUT2D eigenvalue weighted by Gasteiger charge is -2.29. The first kappa shape index (κ1) is 19.5. The van der Waals surface area contributed by atoms with Crippen LogP contribution in [0.2, 0.25) is 0 Å². The quantitative estimate of drug-likeness (QED) is 0.703. The van der Waals surface area contributed by atoms with Crippen LogP contribution in [-0.2, 0) is 6.54 Å². The van der Waals surface area contributed by atoms with E-state index >= 15 is 0 Å².